The van der Waals surface area contributed by atoms with Gasteiger partial charge in [0.25, 0.3) is 6.33 Å². The number of fused-ring (bicyclic) bond motifs is 4. The molecule has 0 saturated heterocycles. The van der Waals surface area contributed by atoms with Crippen molar-refractivity contribution in [2.45, 2.75) is 54.3 Å². The molecular weight excluding hydrogens is 894 g/mol. The second-order valence-electron chi connectivity index (χ2n) is 16.4. The van der Waals surface area contributed by atoms with E-state index in [0.29, 0.717) is 34.1 Å². The standard InChI is InChI=1S/C51H45N5O.Pt/c1-50(2,3)30-35-13-12-16-39(25-35)54-34-55(47-18-11-10-17-46(47)54)40-28-42(33-52-32-40)57-41-20-21-43-44-27-38(37-14-8-7-9-15-37)19-22-45(44)56(48(43)29-41)49-26-36(23-24-53-49)31-51(4,5)6;/h7-27,32-33H,30-31H2,1-6H3;/q-2;/i30D2,31D2;. The van der Waals surface area contributed by atoms with Crippen LogP contribution < -0.4 is 9.30 Å². The summed E-state index contributed by atoms with van der Waals surface area (Å²) >= 11 is 0. The molecule has 58 heavy (non-hydrogen) atoms. The molecule has 0 aliphatic heterocycles. The molecule has 0 unspecified atom stereocenters. The zero-order valence-electron chi connectivity index (χ0n) is 37.2. The SMILES string of the molecule is [2H]C([2H])(c1cccc(-[n+]2[c-]n(-c3[c-]c(Oc4[c-]c5c(cc4)c4cc(-c6ccccc6)ccc4n5-c4cc(C([2H])([2H])C(C)(C)C)ccn4)cnc3)c3ccccc32)c1)C(C)(C)C.[Pt]. The predicted molar refractivity (Wildman–Crippen MR) is 230 cm³/mol. The molecule has 0 atom stereocenters. The Morgan fingerprint density at radius 3 is 2.22 bits per heavy atom. The predicted octanol–water partition coefficient (Wildman–Crippen LogP) is 11.8. The first kappa shape index (κ1) is 34.2. The number of para-hydroxylation sites is 2. The Labute approximate surface area is 360 Å². The summed E-state index contributed by atoms with van der Waals surface area (Å²) in [6.45, 7) is 11.4. The van der Waals surface area contributed by atoms with Gasteiger partial charge in [0.1, 0.15) is 5.82 Å². The molecule has 0 radical (unpaired) electrons. The summed E-state index contributed by atoms with van der Waals surface area (Å²) in [4.78, 5) is 9.34. The van der Waals surface area contributed by atoms with Gasteiger partial charge in [0.2, 0.25) is 0 Å². The molecule has 292 valence electrons. The monoisotopic (exact) mass is 942 g/mol. The van der Waals surface area contributed by atoms with Gasteiger partial charge in [-0.05, 0) is 87.9 Å². The van der Waals surface area contributed by atoms with E-state index in [2.05, 4.69) is 53.8 Å². The van der Waals surface area contributed by atoms with E-state index in [9.17, 15) is 0 Å². The number of imidazole rings is 1. The minimum Gasteiger partial charge on any atom is -0.508 e. The molecule has 5 aromatic carbocycles. The number of pyridine rings is 2. The number of hydrogen-bond acceptors (Lipinski definition) is 3. The number of aromatic nitrogens is 5. The van der Waals surface area contributed by atoms with Gasteiger partial charge in [0.05, 0.1) is 16.7 Å². The van der Waals surface area contributed by atoms with Crippen molar-refractivity contribution in [2.75, 3.05) is 0 Å². The molecule has 0 spiro atoms. The summed E-state index contributed by atoms with van der Waals surface area (Å²) in [5, 5.41) is 1.95. The van der Waals surface area contributed by atoms with Crippen LogP contribution in [0.25, 0.3) is 61.2 Å². The van der Waals surface area contributed by atoms with Gasteiger partial charge in [-0.3, -0.25) is 4.57 Å². The Balaban J connectivity index is 0.00000529. The molecule has 6 nitrogen and oxygen atoms in total. The van der Waals surface area contributed by atoms with Gasteiger partial charge < -0.3 is 18.9 Å². The molecule has 0 amide bonds. The fourth-order valence-electron chi connectivity index (χ4n) is 7.32. The van der Waals surface area contributed by atoms with Crippen LogP contribution in [0.5, 0.6) is 11.5 Å². The van der Waals surface area contributed by atoms with E-state index in [1.165, 1.54) is 0 Å². The number of benzene rings is 5. The fraction of sp³-hybridized carbons (Fsp3) is 0.196. The summed E-state index contributed by atoms with van der Waals surface area (Å²) in [5.41, 5.74) is 6.82. The zero-order chi connectivity index (χ0) is 42.9. The van der Waals surface area contributed by atoms with Crippen molar-refractivity contribution >= 4 is 32.8 Å². The van der Waals surface area contributed by atoms with E-state index >= 15 is 0 Å². The van der Waals surface area contributed by atoms with E-state index in [-0.39, 0.29) is 21.1 Å². The molecule has 0 aliphatic carbocycles. The van der Waals surface area contributed by atoms with Crippen LogP contribution in [-0.2, 0) is 33.8 Å². The smallest absolute Gasteiger partial charge is 0.268 e. The minimum atomic E-state index is -1.62. The topological polar surface area (TPSA) is 48.8 Å². The summed E-state index contributed by atoms with van der Waals surface area (Å²) in [6, 6.07) is 46.6. The fourth-order valence-corrected chi connectivity index (χ4v) is 7.32. The van der Waals surface area contributed by atoms with Gasteiger partial charge >= 0.3 is 0 Å². The summed E-state index contributed by atoms with van der Waals surface area (Å²) in [6.07, 6.45) is 5.28. The van der Waals surface area contributed by atoms with Crippen LogP contribution in [0, 0.1) is 29.3 Å². The Morgan fingerprint density at radius 1 is 0.672 bits per heavy atom. The number of hydrogen-bond donors (Lipinski definition) is 0. The summed E-state index contributed by atoms with van der Waals surface area (Å²) in [7, 11) is 0. The first-order valence-corrected chi connectivity index (χ1v) is 19.2. The van der Waals surface area contributed by atoms with E-state index in [4.69, 9.17) is 15.2 Å². The van der Waals surface area contributed by atoms with Crippen molar-refractivity contribution in [2.24, 2.45) is 10.8 Å². The van der Waals surface area contributed by atoms with E-state index < -0.39 is 23.6 Å². The third-order valence-electron chi connectivity index (χ3n) is 9.54. The van der Waals surface area contributed by atoms with Gasteiger partial charge in [0.15, 0.2) is 0 Å². The molecule has 0 aliphatic rings. The van der Waals surface area contributed by atoms with E-state index in [0.717, 1.165) is 49.7 Å². The number of nitrogens with zero attached hydrogens (tertiary/aromatic N) is 5. The Hall–Kier alpha value is -5.84. The average Bonchev–Trinajstić information content (AvgIpc) is 3.79. The molecule has 0 saturated carbocycles. The maximum Gasteiger partial charge on any atom is 0.268 e. The molecular formula is C51H45N5OPt-2. The van der Waals surface area contributed by atoms with E-state index in [1.807, 2.05) is 140 Å². The van der Waals surface area contributed by atoms with Crippen LogP contribution in [0.2, 0.25) is 0 Å². The van der Waals surface area contributed by atoms with Crippen LogP contribution in [-0.4, -0.2) is 19.1 Å². The van der Waals surface area contributed by atoms with Crippen molar-refractivity contribution in [1.29, 1.82) is 0 Å². The van der Waals surface area contributed by atoms with Crippen molar-refractivity contribution in [3.05, 3.63) is 170 Å². The molecule has 7 heteroatoms. The average molecular weight is 943 g/mol. The van der Waals surface area contributed by atoms with Crippen molar-refractivity contribution in [3.8, 4) is 39.8 Å². The van der Waals surface area contributed by atoms with Gasteiger partial charge in [-0.25, -0.2) is 4.98 Å². The van der Waals surface area contributed by atoms with E-state index in [1.54, 1.807) is 24.7 Å². The molecule has 4 aromatic heterocycles. The van der Waals surface area contributed by atoms with Gasteiger partial charge in [-0.2, -0.15) is 6.07 Å². The molecule has 0 N–H and O–H groups in total. The van der Waals surface area contributed by atoms with Crippen molar-refractivity contribution < 1.29 is 35.9 Å². The summed E-state index contributed by atoms with van der Waals surface area (Å²) < 4.78 is 48.2. The zero-order valence-corrected chi connectivity index (χ0v) is 35.5. The second kappa shape index (κ2) is 15.5. The van der Waals surface area contributed by atoms with Gasteiger partial charge in [-0.1, -0.05) is 138 Å². The Morgan fingerprint density at radius 2 is 1.43 bits per heavy atom. The van der Waals surface area contributed by atoms with Crippen LogP contribution in [0.15, 0.2) is 140 Å². The van der Waals surface area contributed by atoms with Gasteiger partial charge in [-0.15, -0.1) is 23.6 Å². The van der Waals surface area contributed by atoms with Gasteiger partial charge in [0, 0.05) is 49.8 Å². The third-order valence-corrected chi connectivity index (χ3v) is 9.54. The molecule has 4 heterocycles. The molecule has 9 rings (SSSR count). The number of ether oxygens (including phenoxy) is 1. The Bertz CT molecular complexity index is 3110. The van der Waals surface area contributed by atoms with Crippen LogP contribution in [0.4, 0.5) is 0 Å². The van der Waals surface area contributed by atoms with Crippen LogP contribution in [0.1, 0.15) is 58.2 Å². The van der Waals surface area contributed by atoms with Crippen molar-refractivity contribution in [3.63, 3.8) is 0 Å². The van der Waals surface area contributed by atoms with Crippen molar-refractivity contribution in [1.82, 2.24) is 19.1 Å². The first-order valence-electron chi connectivity index (χ1n) is 21.2. The molecule has 0 bridgehead atoms. The summed E-state index contributed by atoms with van der Waals surface area (Å²) in [5.74, 6) is 1.39. The van der Waals surface area contributed by atoms with Crippen LogP contribution in [0.3, 0.4) is 0 Å². The largest absolute Gasteiger partial charge is 0.508 e. The maximum absolute atomic E-state index is 9.04. The normalized spacial score (nSPS) is 13.5. The maximum atomic E-state index is 9.04. The second-order valence-corrected chi connectivity index (χ2v) is 16.4. The first-order chi connectivity index (χ1) is 29.0. The quantitative estimate of drug-likeness (QED) is 0.113. The third kappa shape index (κ3) is 7.99. The molecule has 9 aromatic rings. The minimum absolute atomic E-state index is 0. The van der Waals surface area contributed by atoms with Crippen LogP contribution >= 0.6 is 0 Å². The Kier molecular flexibility index (Phi) is 9.14. The number of rotatable bonds is 8. The molecule has 0 fully saturated rings.